The first-order valence-electron chi connectivity index (χ1n) is 7.22. The lowest BCUT2D eigenvalue weighted by Crippen LogP contribution is -2.18. The molecule has 1 aromatic carbocycles. The molecule has 5 nitrogen and oxygen atoms in total. The molecule has 0 aliphatic carbocycles. The number of alkyl halides is 1. The maximum Gasteiger partial charge on any atom is 0.338 e. The average Bonchev–Trinajstić information content (AvgIpc) is 2.95. The van der Waals surface area contributed by atoms with Gasteiger partial charge in [-0.05, 0) is 38.2 Å². The zero-order chi connectivity index (χ0) is 15.9. The Kier molecular flexibility index (Phi) is 6.46. The minimum Gasteiger partial charge on any atom is -0.492 e. The van der Waals surface area contributed by atoms with Crippen LogP contribution in [-0.2, 0) is 4.74 Å². The summed E-state index contributed by atoms with van der Waals surface area (Å²) in [5.74, 6) is 0.615. The zero-order valence-corrected chi connectivity index (χ0v) is 14.7. The molecule has 0 amide bonds. The van der Waals surface area contributed by atoms with E-state index >= 15 is 0 Å². The van der Waals surface area contributed by atoms with Gasteiger partial charge in [-0.25, -0.2) is 4.79 Å². The van der Waals surface area contributed by atoms with E-state index in [2.05, 4.69) is 40.6 Å². The predicted molar refractivity (Wildman–Crippen MR) is 91.4 cm³/mol. The molecule has 1 aliphatic heterocycles. The first-order chi connectivity index (χ1) is 10.6. The first-order valence-corrected chi connectivity index (χ1v) is 8.75. The van der Waals surface area contributed by atoms with Crippen LogP contribution in [0.2, 0.25) is 0 Å². The summed E-state index contributed by atoms with van der Waals surface area (Å²) in [5, 5.41) is 9.24. The maximum absolute atomic E-state index is 11.8. The van der Waals surface area contributed by atoms with Crippen LogP contribution in [0, 0.1) is 17.2 Å². The molecule has 2 rings (SSSR count). The number of hydrogen-bond acceptors (Lipinski definition) is 5. The average molecular weight is 414 g/mol. The third-order valence-corrected chi connectivity index (χ3v) is 4.05. The quantitative estimate of drug-likeness (QED) is 0.407. The number of ether oxygens (including phenoxy) is 2. The van der Waals surface area contributed by atoms with Crippen LogP contribution < -0.4 is 4.74 Å². The number of nitrogens with zero attached hydrogens (tertiary/aromatic N) is 2. The highest BCUT2D eigenvalue weighted by Crippen LogP contribution is 2.22. The van der Waals surface area contributed by atoms with Gasteiger partial charge in [0.25, 0.3) is 0 Å². The predicted octanol–water partition coefficient (Wildman–Crippen LogP) is 2.48. The van der Waals surface area contributed by atoms with E-state index in [9.17, 15) is 10.1 Å². The Morgan fingerprint density at radius 2 is 2.36 bits per heavy atom. The SMILES string of the molecule is CN1CCC(COc2ccc(C(=O)OCCI)cc2C#N)C1. The molecule has 0 N–H and O–H groups in total. The lowest BCUT2D eigenvalue weighted by molar-refractivity contribution is 0.0532. The second-order valence-corrected chi connectivity index (χ2v) is 6.45. The molecule has 118 valence electrons. The number of likely N-dealkylation sites (tertiary alicyclic amines) is 1. The highest BCUT2D eigenvalue weighted by molar-refractivity contribution is 14.1. The van der Waals surface area contributed by atoms with E-state index in [1.165, 1.54) is 6.07 Å². The highest BCUT2D eigenvalue weighted by atomic mass is 127. The standard InChI is InChI=1S/C16H19IN2O3/c1-19-6-4-12(10-19)11-22-15-3-2-13(8-14(15)9-18)16(20)21-7-5-17/h2-3,8,12H,4-7,10-11H2,1H3. The third-order valence-electron chi connectivity index (χ3n) is 3.61. The lowest BCUT2D eigenvalue weighted by atomic mass is 10.1. The highest BCUT2D eigenvalue weighted by Gasteiger charge is 2.20. The molecule has 22 heavy (non-hydrogen) atoms. The molecule has 0 aromatic heterocycles. The number of nitriles is 1. The Hall–Kier alpha value is -1.33. The number of carbonyl (C=O) groups is 1. The van der Waals surface area contributed by atoms with E-state index in [1.54, 1.807) is 12.1 Å². The number of halogens is 1. The monoisotopic (exact) mass is 414 g/mol. The Morgan fingerprint density at radius 3 is 3.00 bits per heavy atom. The Bertz CT molecular complexity index is 571. The largest absolute Gasteiger partial charge is 0.492 e. The molecule has 1 saturated heterocycles. The fourth-order valence-electron chi connectivity index (χ4n) is 2.45. The molecular weight excluding hydrogens is 395 g/mol. The summed E-state index contributed by atoms with van der Waals surface area (Å²) in [6.45, 7) is 3.07. The molecule has 1 aliphatic rings. The Balaban J connectivity index is 2.00. The molecule has 1 unspecified atom stereocenters. The number of benzene rings is 1. The van der Waals surface area contributed by atoms with Gasteiger partial charge in [0.2, 0.25) is 0 Å². The topological polar surface area (TPSA) is 62.6 Å². The van der Waals surface area contributed by atoms with Crippen molar-refractivity contribution in [2.45, 2.75) is 6.42 Å². The fourth-order valence-corrected chi connectivity index (χ4v) is 2.67. The molecule has 6 heteroatoms. The summed E-state index contributed by atoms with van der Waals surface area (Å²) in [7, 11) is 2.09. The van der Waals surface area contributed by atoms with E-state index < -0.39 is 5.97 Å². The molecule has 1 atom stereocenters. The van der Waals surface area contributed by atoms with Crippen LogP contribution in [0.4, 0.5) is 0 Å². The smallest absolute Gasteiger partial charge is 0.338 e. The molecule has 1 aromatic rings. The Morgan fingerprint density at radius 1 is 1.55 bits per heavy atom. The van der Waals surface area contributed by atoms with Crippen molar-refractivity contribution in [3.05, 3.63) is 29.3 Å². The van der Waals surface area contributed by atoms with Gasteiger partial charge in [-0.3, -0.25) is 0 Å². The first kappa shape index (κ1) is 17.0. The Labute approximate surface area is 144 Å². The summed E-state index contributed by atoms with van der Waals surface area (Å²) >= 11 is 2.14. The second-order valence-electron chi connectivity index (χ2n) is 5.38. The van der Waals surface area contributed by atoms with E-state index in [0.717, 1.165) is 23.9 Å². The number of rotatable bonds is 6. The van der Waals surface area contributed by atoms with Crippen LogP contribution >= 0.6 is 22.6 Å². The van der Waals surface area contributed by atoms with Crippen LogP contribution in [-0.4, -0.2) is 48.6 Å². The van der Waals surface area contributed by atoms with Crippen molar-refractivity contribution in [3.63, 3.8) is 0 Å². The van der Waals surface area contributed by atoms with Gasteiger partial charge >= 0.3 is 5.97 Å². The van der Waals surface area contributed by atoms with Crippen LogP contribution in [0.1, 0.15) is 22.3 Å². The molecular formula is C16H19IN2O3. The maximum atomic E-state index is 11.8. The summed E-state index contributed by atoms with van der Waals surface area (Å²) in [6.07, 6.45) is 1.11. The van der Waals surface area contributed by atoms with E-state index in [4.69, 9.17) is 9.47 Å². The minimum atomic E-state index is -0.405. The van der Waals surface area contributed by atoms with Crippen LogP contribution in [0.15, 0.2) is 18.2 Å². The lowest BCUT2D eigenvalue weighted by Gasteiger charge is -2.13. The second kappa shape index (κ2) is 8.34. The van der Waals surface area contributed by atoms with Gasteiger partial charge in [0.1, 0.15) is 18.4 Å². The van der Waals surface area contributed by atoms with Crippen LogP contribution in [0.25, 0.3) is 0 Å². The van der Waals surface area contributed by atoms with Crippen LogP contribution in [0.5, 0.6) is 5.75 Å². The van der Waals surface area contributed by atoms with E-state index in [-0.39, 0.29) is 0 Å². The summed E-state index contributed by atoms with van der Waals surface area (Å²) in [4.78, 5) is 14.1. The van der Waals surface area contributed by atoms with Gasteiger partial charge in [0, 0.05) is 16.9 Å². The van der Waals surface area contributed by atoms with Crippen molar-refractivity contribution in [1.82, 2.24) is 4.90 Å². The fraction of sp³-hybridized carbons (Fsp3) is 0.500. The van der Waals surface area contributed by atoms with Crippen molar-refractivity contribution in [2.24, 2.45) is 5.92 Å². The van der Waals surface area contributed by atoms with Crippen molar-refractivity contribution < 1.29 is 14.3 Å². The van der Waals surface area contributed by atoms with E-state index in [1.807, 2.05) is 0 Å². The van der Waals surface area contributed by atoms with Crippen molar-refractivity contribution >= 4 is 28.6 Å². The van der Waals surface area contributed by atoms with Gasteiger partial charge in [-0.1, -0.05) is 22.6 Å². The number of carbonyl (C=O) groups excluding carboxylic acids is 1. The van der Waals surface area contributed by atoms with Crippen molar-refractivity contribution in [3.8, 4) is 11.8 Å². The van der Waals surface area contributed by atoms with Gasteiger partial charge < -0.3 is 14.4 Å². The van der Waals surface area contributed by atoms with Gasteiger partial charge in [-0.15, -0.1) is 0 Å². The molecule has 0 spiro atoms. The van der Waals surface area contributed by atoms with Crippen LogP contribution in [0.3, 0.4) is 0 Å². The van der Waals surface area contributed by atoms with Gasteiger partial charge in [-0.2, -0.15) is 5.26 Å². The van der Waals surface area contributed by atoms with E-state index in [0.29, 0.717) is 36.0 Å². The number of hydrogen-bond donors (Lipinski definition) is 0. The minimum absolute atomic E-state index is 0.370. The summed E-state index contributed by atoms with van der Waals surface area (Å²) in [5.41, 5.74) is 0.754. The van der Waals surface area contributed by atoms with Gasteiger partial charge in [0.05, 0.1) is 17.7 Å². The molecule has 0 saturated carbocycles. The molecule has 1 fully saturated rings. The third kappa shape index (κ3) is 4.58. The normalized spacial score (nSPS) is 18.0. The summed E-state index contributed by atoms with van der Waals surface area (Å²) in [6, 6.07) is 6.94. The van der Waals surface area contributed by atoms with Crippen molar-refractivity contribution in [2.75, 3.05) is 37.8 Å². The molecule has 1 heterocycles. The zero-order valence-electron chi connectivity index (χ0n) is 12.5. The molecule has 0 radical (unpaired) electrons. The summed E-state index contributed by atoms with van der Waals surface area (Å²) < 4.78 is 11.6. The molecule has 0 bridgehead atoms. The van der Waals surface area contributed by atoms with Gasteiger partial charge in [0.15, 0.2) is 0 Å². The number of esters is 1. The van der Waals surface area contributed by atoms with Crippen molar-refractivity contribution in [1.29, 1.82) is 5.26 Å².